The highest BCUT2D eigenvalue weighted by atomic mass is 35.5. The van der Waals surface area contributed by atoms with Crippen LogP contribution in [0.25, 0.3) is 10.9 Å². The predicted molar refractivity (Wildman–Crippen MR) is 76.3 cm³/mol. The average molecular weight is 275 g/mol. The fraction of sp³-hybridized carbons (Fsp3) is 0.286. The van der Waals surface area contributed by atoms with Crippen molar-refractivity contribution < 1.29 is 0 Å². The summed E-state index contributed by atoms with van der Waals surface area (Å²) >= 11 is 5.79. The minimum Gasteiger partial charge on any atom is -0.266 e. The van der Waals surface area contributed by atoms with Gasteiger partial charge in [-0.3, -0.25) is 9.36 Å². The molecule has 0 saturated carbocycles. The van der Waals surface area contributed by atoms with Crippen LogP contribution >= 0.6 is 11.6 Å². The molecule has 0 N–H and O–H groups in total. The zero-order valence-corrected chi connectivity index (χ0v) is 11.5. The summed E-state index contributed by atoms with van der Waals surface area (Å²) in [7, 11) is 0. The number of aryl methyl sites for hydroxylation is 1. The summed E-state index contributed by atoms with van der Waals surface area (Å²) in [6, 6.07) is 8.29. The van der Waals surface area contributed by atoms with Gasteiger partial charge < -0.3 is 0 Å². The quantitative estimate of drug-likeness (QED) is 0.686. The van der Waals surface area contributed by atoms with E-state index in [1.54, 1.807) is 6.20 Å². The normalized spacial score (nSPS) is 11.3. The molecule has 3 rings (SSSR count). The molecule has 0 fully saturated rings. The lowest BCUT2D eigenvalue weighted by Crippen LogP contribution is -2.02. The van der Waals surface area contributed by atoms with Crippen LogP contribution in [-0.4, -0.2) is 19.6 Å². The van der Waals surface area contributed by atoms with Crippen LogP contribution < -0.4 is 0 Å². The fourth-order valence-electron chi connectivity index (χ4n) is 2.27. The smallest absolute Gasteiger partial charge is 0.0918 e. The highest BCUT2D eigenvalue weighted by molar-refractivity contribution is 6.17. The summed E-state index contributed by atoms with van der Waals surface area (Å²) in [5, 5.41) is 10.2. The molecule has 0 saturated heterocycles. The van der Waals surface area contributed by atoms with E-state index < -0.39 is 0 Å². The highest BCUT2D eigenvalue weighted by Gasteiger charge is 2.10. The summed E-state index contributed by atoms with van der Waals surface area (Å²) in [6.45, 7) is 3.64. The number of rotatable bonds is 4. The Balaban J connectivity index is 2.00. The number of para-hydroxylation sites is 1. The molecule has 0 atom stereocenters. The van der Waals surface area contributed by atoms with Crippen molar-refractivity contribution in [3.63, 3.8) is 0 Å². The molecule has 2 heterocycles. The molecule has 0 radical (unpaired) electrons. The summed E-state index contributed by atoms with van der Waals surface area (Å²) < 4.78 is 3.91. The van der Waals surface area contributed by atoms with E-state index in [-0.39, 0.29) is 0 Å². The number of alkyl halides is 1. The third kappa shape index (κ3) is 2.24. The Morgan fingerprint density at radius 1 is 1.26 bits per heavy atom. The van der Waals surface area contributed by atoms with E-state index in [1.165, 1.54) is 10.9 Å². The van der Waals surface area contributed by atoms with Crippen molar-refractivity contribution in [2.45, 2.75) is 25.9 Å². The molecular formula is C14H15ClN4. The van der Waals surface area contributed by atoms with Gasteiger partial charge in [0.2, 0.25) is 0 Å². The fourth-order valence-corrected chi connectivity index (χ4v) is 2.41. The lowest BCUT2D eigenvalue weighted by Gasteiger charge is -1.98. The van der Waals surface area contributed by atoms with E-state index >= 15 is 0 Å². The Kier molecular flexibility index (Phi) is 3.25. The van der Waals surface area contributed by atoms with Crippen molar-refractivity contribution in [2.24, 2.45) is 0 Å². The third-order valence-electron chi connectivity index (χ3n) is 3.19. The number of hydrogen-bond acceptors (Lipinski definition) is 2. The molecule has 0 aliphatic heterocycles. The maximum atomic E-state index is 5.79. The molecule has 4 nitrogen and oxygen atoms in total. The van der Waals surface area contributed by atoms with Crippen molar-refractivity contribution in [3.8, 4) is 0 Å². The second-order valence-electron chi connectivity index (χ2n) is 4.46. The molecule has 2 aromatic heterocycles. The molecular weight excluding hydrogens is 260 g/mol. The van der Waals surface area contributed by atoms with Crippen molar-refractivity contribution in [3.05, 3.63) is 47.9 Å². The standard InChI is InChI=1S/C14H15ClN4/c1-2-19-14-6-4-3-5-12(14)13(17-19)10-18-9-11(7-15)8-16-18/h3-6,8-9H,2,7,10H2,1H3. The van der Waals surface area contributed by atoms with Gasteiger partial charge in [0.1, 0.15) is 0 Å². The molecule has 0 unspecified atom stereocenters. The van der Waals surface area contributed by atoms with E-state index in [9.17, 15) is 0 Å². The maximum Gasteiger partial charge on any atom is 0.0918 e. The second-order valence-corrected chi connectivity index (χ2v) is 4.73. The zero-order chi connectivity index (χ0) is 13.2. The number of aromatic nitrogens is 4. The van der Waals surface area contributed by atoms with Gasteiger partial charge in [-0.2, -0.15) is 10.2 Å². The van der Waals surface area contributed by atoms with Crippen molar-refractivity contribution in [1.29, 1.82) is 0 Å². The maximum absolute atomic E-state index is 5.79. The molecule has 0 spiro atoms. The lowest BCUT2D eigenvalue weighted by molar-refractivity contribution is 0.627. The first kappa shape index (κ1) is 12.2. The number of nitrogens with zero attached hydrogens (tertiary/aromatic N) is 4. The molecule has 98 valence electrons. The first-order chi connectivity index (χ1) is 9.31. The van der Waals surface area contributed by atoms with Crippen LogP contribution in [0.3, 0.4) is 0 Å². The van der Waals surface area contributed by atoms with Gasteiger partial charge in [0.15, 0.2) is 0 Å². The molecule has 0 amide bonds. The number of benzene rings is 1. The SMILES string of the molecule is CCn1nc(Cn2cc(CCl)cn2)c2ccccc21. The van der Waals surface area contributed by atoms with Crippen LogP contribution in [0, 0.1) is 0 Å². The summed E-state index contributed by atoms with van der Waals surface area (Å²) in [4.78, 5) is 0. The van der Waals surface area contributed by atoms with Crippen molar-refractivity contribution in [1.82, 2.24) is 19.6 Å². The van der Waals surface area contributed by atoms with Gasteiger partial charge in [0.25, 0.3) is 0 Å². The van der Waals surface area contributed by atoms with Crippen LogP contribution in [0.5, 0.6) is 0 Å². The first-order valence-electron chi connectivity index (χ1n) is 6.33. The van der Waals surface area contributed by atoms with Gasteiger partial charge in [-0.15, -0.1) is 11.6 Å². The van der Waals surface area contributed by atoms with Crippen LogP contribution in [0.1, 0.15) is 18.2 Å². The van der Waals surface area contributed by atoms with Crippen molar-refractivity contribution in [2.75, 3.05) is 0 Å². The number of halogens is 1. The molecule has 0 aliphatic rings. The Labute approximate surface area is 116 Å². The third-order valence-corrected chi connectivity index (χ3v) is 3.50. The molecule has 1 aromatic carbocycles. The number of fused-ring (bicyclic) bond motifs is 1. The van der Waals surface area contributed by atoms with Gasteiger partial charge in [0, 0.05) is 23.7 Å². The van der Waals surface area contributed by atoms with E-state index in [0.29, 0.717) is 12.4 Å². The van der Waals surface area contributed by atoms with E-state index in [4.69, 9.17) is 11.6 Å². The highest BCUT2D eigenvalue weighted by Crippen LogP contribution is 2.19. The molecule has 0 aliphatic carbocycles. The van der Waals surface area contributed by atoms with Gasteiger partial charge in [-0.1, -0.05) is 18.2 Å². The van der Waals surface area contributed by atoms with Crippen LogP contribution in [0.2, 0.25) is 0 Å². The van der Waals surface area contributed by atoms with Gasteiger partial charge in [0.05, 0.1) is 29.8 Å². The van der Waals surface area contributed by atoms with E-state index in [1.807, 2.05) is 27.7 Å². The van der Waals surface area contributed by atoms with E-state index in [0.717, 1.165) is 17.8 Å². The van der Waals surface area contributed by atoms with Crippen LogP contribution in [0.15, 0.2) is 36.7 Å². The topological polar surface area (TPSA) is 35.6 Å². The Hall–Kier alpha value is -1.81. The predicted octanol–water partition coefficient (Wildman–Crippen LogP) is 3.04. The Bertz CT molecular complexity index is 698. The molecule has 5 heteroatoms. The molecule has 0 bridgehead atoms. The van der Waals surface area contributed by atoms with Gasteiger partial charge in [-0.05, 0) is 13.0 Å². The Morgan fingerprint density at radius 3 is 2.84 bits per heavy atom. The van der Waals surface area contributed by atoms with Crippen molar-refractivity contribution >= 4 is 22.5 Å². The van der Waals surface area contributed by atoms with Crippen LogP contribution in [-0.2, 0) is 19.0 Å². The average Bonchev–Trinajstić information content (AvgIpc) is 3.04. The summed E-state index contributed by atoms with van der Waals surface area (Å²) in [5.41, 5.74) is 3.24. The molecule has 19 heavy (non-hydrogen) atoms. The van der Waals surface area contributed by atoms with Crippen LogP contribution in [0.4, 0.5) is 0 Å². The monoisotopic (exact) mass is 274 g/mol. The minimum absolute atomic E-state index is 0.490. The largest absolute Gasteiger partial charge is 0.266 e. The second kappa shape index (κ2) is 5.05. The summed E-state index contributed by atoms with van der Waals surface area (Å²) in [6.07, 6.45) is 3.76. The Morgan fingerprint density at radius 2 is 2.11 bits per heavy atom. The van der Waals surface area contributed by atoms with Gasteiger partial charge >= 0.3 is 0 Å². The number of hydrogen-bond donors (Lipinski definition) is 0. The van der Waals surface area contributed by atoms with E-state index in [2.05, 4.69) is 29.3 Å². The van der Waals surface area contributed by atoms with Gasteiger partial charge in [-0.25, -0.2) is 0 Å². The summed E-state index contributed by atoms with van der Waals surface area (Å²) in [5.74, 6) is 0.490. The first-order valence-corrected chi connectivity index (χ1v) is 6.87. The zero-order valence-electron chi connectivity index (χ0n) is 10.8. The minimum atomic E-state index is 0.490. The molecule has 3 aromatic rings. The lowest BCUT2D eigenvalue weighted by atomic mass is 10.2.